The average Bonchev–Trinajstić information content (AvgIpc) is 3.21. The molecule has 4 aromatic rings. The van der Waals surface area contributed by atoms with E-state index in [0.29, 0.717) is 0 Å². The second-order valence-electron chi connectivity index (χ2n) is 15.4. The van der Waals surface area contributed by atoms with Crippen LogP contribution < -0.4 is 21.3 Å². The molecule has 14 nitrogen and oxygen atoms in total. The SMILES string of the molecule is CC(C)C(NC(=O)N(C)Cc1cccnc1)C(=O)N[C@@H](Cc1ccccc1)[C@@H](O)[C@H](O)[C@H](Cc1ccccc1)NC(=O)C(NC(=O)N(C)Cc1cccnc1)C(C)C. The highest BCUT2D eigenvalue weighted by atomic mass is 16.3. The zero-order valence-corrected chi connectivity index (χ0v) is 34.2. The summed E-state index contributed by atoms with van der Waals surface area (Å²) in [6, 6.07) is 20.6. The Labute approximate surface area is 341 Å². The summed E-state index contributed by atoms with van der Waals surface area (Å²) in [5, 5.41) is 35.5. The van der Waals surface area contributed by atoms with Crippen LogP contribution in [-0.2, 0) is 35.5 Å². The molecule has 0 aliphatic rings. The van der Waals surface area contributed by atoms with Crippen LogP contribution in [0.1, 0.15) is 49.9 Å². The molecule has 6 amide bonds. The Morgan fingerprint density at radius 1 is 0.534 bits per heavy atom. The number of rotatable bonds is 19. The number of carbonyl (C=O) groups is 4. The maximum Gasteiger partial charge on any atom is 0.318 e. The third kappa shape index (κ3) is 13.7. The van der Waals surface area contributed by atoms with E-state index < -0.39 is 60.3 Å². The first-order valence-corrected chi connectivity index (χ1v) is 19.6. The van der Waals surface area contributed by atoms with Gasteiger partial charge in [-0.25, -0.2) is 9.59 Å². The van der Waals surface area contributed by atoms with E-state index in [9.17, 15) is 29.4 Å². The van der Waals surface area contributed by atoms with Crippen LogP contribution in [0.25, 0.3) is 0 Å². The predicted octanol–water partition coefficient (Wildman–Crippen LogP) is 3.69. The van der Waals surface area contributed by atoms with Crippen molar-refractivity contribution in [2.75, 3.05) is 14.1 Å². The van der Waals surface area contributed by atoms with Crippen molar-refractivity contribution in [2.24, 2.45) is 11.8 Å². The Bertz CT molecular complexity index is 1730. The Hall–Kier alpha value is -5.86. The summed E-state index contributed by atoms with van der Waals surface area (Å²) in [7, 11) is 3.24. The van der Waals surface area contributed by atoms with Gasteiger partial charge in [0.15, 0.2) is 0 Å². The highest BCUT2D eigenvalue weighted by Crippen LogP contribution is 2.17. The van der Waals surface area contributed by atoms with Crippen molar-refractivity contribution in [3.63, 3.8) is 0 Å². The van der Waals surface area contributed by atoms with Crippen LogP contribution in [-0.4, -0.2) is 104 Å². The van der Waals surface area contributed by atoms with Gasteiger partial charge >= 0.3 is 12.1 Å². The molecule has 6 atom stereocenters. The maximum atomic E-state index is 14.0. The molecule has 0 spiro atoms. The van der Waals surface area contributed by atoms with Crippen LogP contribution in [0.3, 0.4) is 0 Å². The Morgan fingerprint density at radius 3 is 1.19 bits per heavy atom. The highest BCUT2D eigenvalue weighted by Gasteiger charge is 2.38. The number of pyridine rings is 2. The van der Waals surface area contributed by atoms with Crippen LogP contribution in [0.4, 0.5) is 9.59 Å². The van der Waals surface area contributed by atoms with E-state index in [2.05, 4.69) is 31.2 Å². The van der Waals surface area contributed by atoms with Crippen molar-refractivity contribution in [3.8, 4) is 0 Å². The molecule has 0 saturated heterocycles. The second kappa shape index (κ2) is 22.2. The summed E-state index contributed by atoms with van der Waals surface area (Å²) in [6.07, 6.45) is 3.69. The number of hydrogen-bond acceptors (Lipinski definition) is 8. The van der Waals surface area contributed by atoms with Crippen LogP contribution >= 0.6 is 0 Å². The number of carbonyl (C=O) groups excluding carboxylic acids is 4. The number of aliphatic hydroxyl groups excluding tert-OH is 2. The Morgan fingerprint density at radius 2 is 0.879 bits per heavy atom. The molecule has 4 rings (SSSR count). The normalized spacial score (nSPS) is 14.3. The molecule has 310 valence electrons. The van der Waals surface area contributed by atoms with Gasteiger partial charge in [-0.1, -0.05) is 100 Å². The minimum Gasteiger partial charge on any atom is -0.388 e. The fourth-order valence-electron chi connectivity index (χ4n) is 6.50. The third-order valence-corrected chi connectivity index (χ3v) is 9.86. The van der Waals surface area contributed by atoms with Crippen LogP contribution in [0, 0.1) is 11.8 Å². The van der Waals surface area contributed by atoms with E-state index in [0.717, 1.165) is 22.3 Å². The van der Waals surface area contributed by atoms with Gasteiger partial charge in [0.05, 0.1) is 12.1 Å². The highest BCUT2D eigenvalue weighted by molar-refractivity contribution is 5.88. The topological polar surface area (TPSA) is 189 Å². The Kier molecular flexibility index (Phi) is 17.1. The summed E-state index contributed by atoms with van der Waals surface area (Å²) in [6.45, 7) is 7.74. The summed E-state index contributed by atoms with van der Waals surface area (Å²) in [5.74, 6) is -1.78. The number of nitrogens with zero attached hydrogens (tertiary/aromatic N) is 4. The fourth-order valence-corrected chi connectivity index (χ4v) is 6.50. The molecule has 0 radical (unpaired) electrons. The molecule has 6 N–H and O–H groups in total. The third-order valence-electron chi connectivity index (χ3n) is 9.86. The number of aliphatic hydroxyl groups is 2. The van der Waals surface area contributed by atoms with E-state index in [-0.39, 0.29) is 37.8 Å². The molecular formula is C44H58N8O6. The van der Waals surface area contributed by atoms with E-state index in [1.807, 2.05) is 72.8 Å². The van der Waals surface area contributed by atoms with Gasteiger partial charge in [0, 0.05) is 52.0 Å². The number of amides is 6. The van der Waals surface area contributed by atoms with Gasteiger partial charge in [-0.3, -0.25) is 19.6 Å². The molecule has 0 aliphatic carbocycles. The monoisotopic (exact) mass is 794 g/mol. The first-order chi connectivity index (χ1) is 27.7. The number of nitrogens with one attached hydrogen (secondary N) is 4. The van der Waals surface area contributed by atoms with Gasteiger partial charge in [-0.05, 0) is 59.1 Å². The molecule has 2 aromatic carbocycles. The molecule has 58 heavy (non-hydrogen) atoms. The first kappa shape index (κ1) is 44.8. The van der Waals surface area contributed by atoms with E-state index in [4.69, 9.17) is 0 Å². The van der Waals surface area contributed by atoms with Crippen molar-refractivity contribution in [1.29, 1.82) is 0 Å². The standard InChI is InChI=1S/C44H58N8O6/c1-29(2)37(49-43(57)51(5)27-33-19-13-21-45-25-33)41(55)47-35(23-31-15-9-7-10-16-31)39(53)40(54)36(24-32-17-11-8-12-18-32)48-42(56)38(30(3)4)50-44(58)52(6)28-34-20-14-22-46-26-34/h7-22,25-26,29-30,35-40,53-54H,23-24,27-28H2,1-6H3,(H,47,55)(H,48,56)(H,49,57)(H,50,58)/t35-,36-,37?,38?,39+,40+/m0/s1. The number of hydrogen-bond donors (Lipinski definition) is 6. The molecule has 2 heterocycles. The van der Waals surface area contributed by atoms with E-state index in [1.165, 1.54) is 9.80 Å². The van der Waals surface area contributed by atoms with Crippen LogP contribution in [0.2, 0.25) is 0 Å². The molecular weight excluding hydrogens is 737 g/mol. The second-order valence-corrected chi connectivity index (χ2v) is 15.4. The lowest BCUT2D eigenvalue weighted by atomic mass is 9.90. The van der Waals surface area contributed by atoms with E-state index >= 15 is 0 Å². The van der Waals surface area contributed by atoms with E-state index in [1.54, 1.807) is 78.7 Å². The molecule has 0 aliphatic heterocycles. The lowest BCUT2D eigenvalue weighted by Gasteiger charge is -2.35. The molecule has 0 saturated carbocycles. The van der Waals surface area contributed by atoms with Crippen LogP contribution in [0.5, 0.6) is 0 Å². The minimum absolute atomic E-state index is 0.129. The smallest absolute Gasteiger partial charge is 0.318 e. The predicted molar refractivity (Wildman–Crippen MR) is 222 cm³/mol. The summed E-state index contributed by atoms with van der Waals surface area (Å²) in [4.78, 5) is 65.8. The average molecular weight is 795 g/mol. The molecule has 14 heteroatoms. The lowest BCUT2D eigenvalue weighted by molar-refractivity contribution is -0.129. The van der Waals surface area contributed by atoms with Gasteiger partial charge in [-0.15, -0.1) is 0 Å². The van der Waals surface area contributed by atoms with Crippen molar-refractivity contribution >= 4 is 23.9 Å². The minimum atomic E-state index is -1.59. The van der Waals surface area contributed by atoms with Crippen molar-refractivity contribution in [2.45, 2.75) is 90.0 Å². The van der Waals surface area contributed by atoms with Crippen molar-refractivity contribution in [3.05, 3.63) is 132 Å². The molecule has 0 fully saturated rings. The van der Waals surface area contributed by atoms with Gasteiger partial charge in [0.25, 0.3) is 0 Å². The van der Waals surface area contributed by atoms with Gasteiger partial charge < -0.3 is 41.3 Å². The Balaban J connectivity index is 1.56. The lowest BCUT2D eigenvalue weighted by Crippen LogP contribution is -2.62. The van der Waals surface area contributed by atoms with Gasteiger partial charge in [-0.2, -0.15) is 0 Å². The summed E-state index contributed by atoms with van der Waals surface area (Å²) >= 11 is 0. The molecule has 0 bridgehead atoms. The first-order valence-electron chi connectivity index (χ1n) is 19.6. The number of urea groups is 2. The number of aromatic nitrogens is 2. The van der Waals surface area contributed by atoms with Gasteiger partial charge in [0.1, 0.15) is 24.3 Å². The molecule has 2 aromatic heterocycles. The summed E-state index contributed by atoms with van der Waals surface area (Å²) in [5.41, 5.74) is 3.19. The quantitative estimate of drug-likeness (QED) is 0.0829. The van der Waals surface area contributed by atoms with Crippen molar-refractivity contribution < 1.29 is 29.4 Å². The maximum absolute atomic E-state index is 14.0. The van der Waals surface area contributed by atoms with Crippen molar-refractivity contribution in [1.82, 2.24) is 41.0 Å². The van der Waals surface area contributed by atoms with Crippen LogP contribution in [0.15, 0.2) is 110 Å². The fraction of sp³-hybridized carbons (Fsp3) is 0.409. The number of benzene rings is 2. The largest absolute Gasteiger partial charge is 0.388 e. The summed E-state index contributed by atoms with van der Waals surface area (Å²) < 4.78 is 0. The zero-order valence-electron chi connectivity index (χ0n) is 34.2. The zero-order chi connectivity index (χ0) is 42.2. The molecule has 2 unspecified atom stereocenters. The van der Waals surface area contributed by atoms with Gasteiger partial charge in [0.2, 0.25) is 11.8 Å².